The minimum atomic E-state index is -0.378. The Bertz CT molecular complexity index is 1070. The summed E-state index contributed by atoms with van der Waals surface area (Å²) < 4.78 is 5.36. The highest BCUT2D eigenvalue weighted by atomic mass is 16.5. The van der Waals surface area contributed by atoms with Crippen LogP contribution in [0.15, 0.2) is 48.7 Å². The molecule has 1 aliphatic carbocycles. The number of likely N-dealkylation sites (tertiary alicyclic amines) is 1. The molecule has 0 bridgehead atoms. The van der Waals surface area contributed by atoms with E-state index in [4.69, 9.17) is 4.74 Å². The lowest BCUT2D eigenvalue weighted by Crippen LogP contribution is -2.51. The van der Waals surface area contributed by atoms with E-state index in [1.54, 1.807) is 7.11 Å². The fraction of sp³-hybridized carbons (Fsp3) is 0.481. The summed E-state index contributed by atoms with van der Waals surface area (Å²) in [7, 11) is 1.69. The number of benzene rings is 2. The lowest BCUT2D eigenvalue weighted by molar-refractivity contribution is -0.140. The molecule has 2 aliphatic rings. The van der Waals surface area contributed by atoms with Crippen molar-refractivity contribution in [3.05, 3.63) is 59.8 Å². The predicted octanol–water partition coefficient (Wildman–Crippen LogP) is 5.25. The summed E-state index contributed by atoms with van der Waals surface area (Å²) >= 11 is 0. The number of nitrogens with one attached hydrogen (secondary N) is 1. The van der Waals surface area contributed by atoms with Gasteiger partial charge in [-0.2, -0.15) is 5.10 Å². The van der Waals surface area contributed by atoms with Gasteiger partial charge in [-0.15, -0.1) is 0 Å². The molecule has 3 aromatic rings. The zero-order valence-electron chi connectivity index (χ0n) is 19.0. The van der Waals surface area contributed by atoms with Gasteiger partial charge in [0.15, 0.2) is 0 Å². The van der Waals surface area contributed by atoms with Gasteiger partial charge in [-0.3, -0.25) is 9.89 Å². The van der Waals surface area contributed by atoms with Crippen molar-refractivity contribution in [2.45, 2.75) is 56.8 Å². The SMILES string of the molecule is COc1ccc(C2(C(=O)N3CCCC(Cc4cccc5[nH]ncc45)C3)CCCCC2)cc1. The topological polar surface area (TPSA) is 58.2 Å². The first-order valence-corrected chi connectivity index (χ1v) is 12.0. The lowest BCUT2D eigenvalue weighted by Gasteiger charge is -2.43. The van der Waals surface area contributed by atoms with E-state index in [0.717, 1.165) is 68.4 Å². The summed E-state index contributed by atoms with van der Waals surface area (Å²) in [4.78, 5) is 16.3. The Morgan fingerprint density at radius 2 is 1.94 bits per heavy atom. The molecule has 1 amide bonds. The second-order valence-electron chi connectivity index (χ2n) is 9.58. The highest BCUT2D eigenvalue weighted by Crippen LogP contribution is 2.42. The minimum absolute atomic E-state index is 0.341. The fourth-order valence-corrected chi connectivity index (χ4v) is 5.93. The van der Waals surface area contributed by atoms with E-state index in [0.29, 0.717) is 11.8 Å². The molecule has 1 saturated heterocycles. The van der Waals surface area contributed by atoms with Gasteiger partial charge in [0.1, 0.15) is 5.75 Å². The number of amides is 1. The van der Waals surface area contributed by atoms with Crippen LogP contribution in [0.4, 0.5) is 0 Å². The van der Waals surface area contributed by atoms with Crippen LogP contribution in [0.1, 0.15) is 56.1 Å². The summed E-state index contributed by atoms with van der Waals surface area (Å²) in [5.41, 5.74) is 3.20. The first kappa shape index (κ1) is 21.0. The zero-order valence-corrected chi connectivity index (χ0v) is 19.0. The maximum absolute atomic E-state index is 14.1. The van der Waals surface area contributed by atoms with Crippen molar-refractivity contribution in [3.63, 3.8) is 0 Å². The molecule has 32 heavy (non-hydrogen) atoms. The molecule has 5 rings (SSSR count). The molecule has 2 heterocycles. The number of aromatic amines is 1. The Morgan fingerprint density at radius 3 is 2.72 bits per heavy atom. The zero-order chi connectivity index (χ0) is 22.0. The Balaban J connectivity index is 1.37. The van der Waals surface area contributed by atoms with Gasteiger partial charge in [-0.25, -0.2) is 0 Å². The molecule has 5 heteroatoms. The number of methoxy groups -OCH3 is 1. The summed E-state index contributed by atoms with van der Waals surface area (Å²) in [6.45, 7) is 1.73. The van der Waals surface area contributed by atoms with Crippen molar-refractivity contribution in [3.8, 4) is 5.75 Å². The van der Waals surface area contributed by atoms with Gasteiger partial charge < -0.3 is 9.64 Å². The standard InChI is InChI=1S/C27H33N3O2/c1-32-23-12-10-22(11-13-23)27(14-3-2-4-15-27)26(31)30-16-6-7-20(19-30)17-21-8-5-9-25-24(21)18-28-29-25/h5,8-13,18,20H,2-4,6-7,14-17,19H2,1H3,(H,28,29). The van der Waals surface area contributed by atoms with Crippen LogP contribution in [0.2, 0.25) is 0 Å². The number of ether oxygens (including phenoxy) is 1. The molecule has 5 nitrogen and oxygen atoms in total. The lowest BCUT2D eigenvalue weighted by atomic mass is 9.68. The molecule has 1 saturated carbocycles. The quantitative estimate of drug-likeness (QED) is 0.600. The van der Waals surface area contributed by atoms with E-state index in [-0.39, 0.29) is 5.41 Å². The van der Waals surface area contributed by atoms with Crippen molar-refractivity contribution < 1.29 is 9.53 Å². The number of H-pyrrole nitrogens is 1. The van der Waals surface area contributed by atoms with Gasteiger partial charge in [0, 0.05) is 18.5 Å². The van der Waals surface area contributed by atoms with Crippen molar-refractivity contribution in [1.29, 1.82) is 0 Å². The summed E-state index contributed by atoms with van der Waals surface area (Å²) in [5, 5.41) is 8.50. The monoisotopic (exact) mass is 431 g/mol. The Hall–Kier alpha value is -2.82. The van der Waals surface area contributed by atoms with E-state index in [1.165, 1.54) is 23.8 Å². The number of rotatable bonds is 5. The van der Waals surface area contributed by atoms with Crippen molar-refractivity contribution in [2.24, 2.45) is 5.92 Å². The molecule has 1 N–H and O–H groups in total. The fourth-order valence-electron chi connectivity index (χ4n) is 5.93. The summed E-state index contributed by atoms with van der Waals surface area (Å²) in [6.07, 6.45) is 10.6. The number of aromatic nitrogens is 2. The molecule has 1 unspecified atom stereocenters. The van der Waals surface area contributed by atoms with E-state index >= 15 is 0 Å². The first-order chi connectivity index (χ1) is 15.7. The molecule has 0 spiro atoms. The van der Waals surface area contributed by atoms with Gasteiger partial charge >= 0.3 is 0 Å². The normalized spacial score (nSPS) is 20.9. The molecule has 1 aromatic heterocycles. The van der Waals surface area contributed by atoms with E-state index < -0.39 is 0 Å². The largest absolute Gasteiger partial charge is 0.497 e. The van der Waals surface area contributed by atoms with Crippen LogP contribution in [0, 0.1) is 5.92 Å². The average Bonchev–Trinajstić information content (AvgIpc) is 3.34. The smallest absolute Gasteiger partial charge is 0.233 e. The number of hydrogen-bond acceptors (Lipinski definition) is 3. The van der Waals surface area contributed by atoms with Crippen molar-refractivity contribution in [2.75, 3.05) is 20.2 Å². The number of hydrogen-bond donors (Lipinski definition) is 1. The van der Waals surface area contributed by atoms with Gasteiger partial charge in [0.25, 0.3) is 0 Å². The molecule has 168 valence electrons. The molecule has 1 atom stereocenters. The van der Waals surface area contributed by atoms with Crippen LogP contribution in [0.25, 0.3) is 10.9 Å². The Kier molecular flexibility index (Phi) is 5.90. The highest BCUT2D eigenvalue weighted by Gasteiger charge is 2.44. The van der Waals surface area contributed by atoms with E-state index in [1.807, 2.05) is 18.3 Å². The highest BCUT2D eigenvalue weighted by molar-refractivity contribution is 5.88. The van der Waals surface area contributed by atoms with Crippen LogP contribution in [-0.2, 0) is 16.6 Å². The third kappa shape index (κ3) is 3.89. The third-order valence-corrected chi connectivity index (χ3v) is 7.65. The first-order valence-electron chi connectivity index (χ1n) is 12.0. The van der Waals surface area contributed by atoms with Crippen LogP contribution >= 0.6 is 0 Å². The van der Waals surface area contributed by atoms with E-state index in [9.17, 15) is 4.79 Å². The van der Waals surface area contributed by atoms with E-state index in [2.05, 4.69) is 45.4 Å². The van der Waals surface area contributed by atoms with Gasteiger partial charge in [-0.1, -0.05) is 43.5 Å². The van der Waals surface area contributed by atoms with Gasteiger partial charge in [-0.05, 0) is 67.3 Å². The molecule has 2 fully saturated rings. The molecular formula is C27H33N3O2. The third-order valence-electron chi connectivity index (χ3n) is 7.65. The second-order valence-corrected chi connectivity index (χ2v) is 9.58. The second kappa shape index (κ2) is 8.97. The molecule has 1 aliphatic heterocycles. The van der Waals surface area contributed by atoms with Crippen LogP contribution in [0.5, 0.6) is 5.75 Å². The minimum Gasteiger partial charge on any atom is -0.497 e. The maximum atomic E-state index is 14.1. The Labute approximate surface area is 190 Å². The molecule has 2 aromatic carbocycles. The number of nitrogens with zero attached hydrogens (tertiary/aromatic N) is 2. The molecular weight excluding hydrogens is 398 g/mol. The Morgan fingerprint density at radius 1 is 1.12 bits per heavy atom. The number of fused-ring (bicyclic) bond motifs is 1. The number of carbonyl (C=O) groups is 1. The maximum Gasteiger partial charge on any atom is 0.233 e. The van der Waals surface area contributed by atoms with Crippen LogP contribution in [0.3, 0.4) is 0 Å². The van der Waals surface area contributed by atoms with Crippen LogP contribution in [-0.4, -0.2) is 41.2 Å². The average molecular weight is 432 g/mol. The van der Waals surface area contributed by atoms with Gasteiger partial charge in [0.2, 0.25) is 5.91 Å². The van der Waals surface area contributed by atoms with Crippen molar-refractivity contribution >= 4 is 16.8 Å². The van der Waals surface area contributed by atoms with Crippen LogP contribution < -0.4 is 4.74 Å². The predicted molar refractivity (Wildman–Crippen MR) is 127 cm³/mol. The van der Waals surface area contributed by atoms with Crippen molar-refractivity contribution in [1.82, 2.24) is 15.1 Å². The molecule has 0 radical (unpaired) electrons. The summed E-state index contributed by atoms with van der Waals surface area (Å²) in [5.74, 6) is 1.68. The van der Waals surface area contributed by atoms with Gasteiger partial charge in [0.05, 0.1) is 24.2 Å². The number of carbonyl (C=O) groups excluding carboxylic acids is 1. The number of piperidine rings is 1. The summed E-state index contributed by atoms with van der Waals surface area (Å²) in [6, 6.07) is 14.6.